The Morgan fingerprint density at radius 3 is 2.24 bits per heavy atom. The number of rotatable bonds is 4. The van der Waals surface area contributed by atoms with Crippen LogP contribution in [-0.4, -0.2) is 18.5 Å². The van der Waals surface area contributed by atoms with Crippen molar-refractivity contribution in [2.45, 2.75) is 0 Å². The quantitative estimate of drug-likeness (QED) is 0.658. The zero-order valence-electron chi connectivity index (χ0n) is 8.85. The minimum atomic E-state index is -0.708. The fourth-order valence-electron chi connectivity index (χ4n) is 1.29. The summed E-state index contributed by atoms with van der Waals surface area (Å²) in [5, 5.41) is 9.69. The van der Waals surface area contributed by atoms with Crippen molar-refractivity contribution < 1.29 is 4.79 Å². The second-order valence-corrected chi connectivity index (χ2v) is 4.28. The van der Waals surface area contributed by atoms with Gasteiger partial charge < -0.3 is 10.7 Å². The number of benzene rings is 1. The van der Waals surface area contributed by atoms with Gasteiger partial charge in [0, 0.05) is 25.0 Å². The van der Waals surface area contributed by atoms with Crippen molar-refractivity contribution in [3.05, 3.63) is 39.5 Å². The Bertz CT molecular complexity index is 474. The summed E-state index contributed by atoms with van der Waals surface area (Å²) in [6.07, 6.45) is 2.78. The Balaban J connectivity index is 3.36. The van der Waals surface area contributed by atoms with E-state index in [1.807, 2.05) is 0 Å². The third-order valence-electron chi connectivity index (χ3n) is 2.03. The molecule has 2 N–H and O–H groups in total. The molecule has 0 amide bonds. The fraction of sp³-hybridized carbons (Fsp3) is 0.0909. The maximum atomic E-state index is 11.1. The van der Waals surface area contributed by atoms with Crippen molar-refractivity contribution in [1.29, 1.82) is 5.41 Å². The van der Waals surface area contributed by atoms with Gasteiger partial charge in [-0.25, -0.2) is 0 Å². The van der Waals surface area contributed by atoms with Gasteiger partial charge in [0.15, 0.2) is 0 Å². The van der Waals surface area contributed by atoms with Crippen LogP contribution < -0.4 is 5.32 Å². The molecular weight excluding hydrogens is 282 g/mol. The molecule has 0 fully saturated rings. The summed E-state index contributed by atoms with van der Waals surface area (Å²) >= 11 is 17.2. The predicted octanol–water partition coefficient (Wildman–Crippen LogP) is 3.58. The molecule has 1 aromatic rings. The molecule has 0 aliphatic heterocycles. The second-order valence-electron chi connectivity index (χ2n) is 3.12. The third-order valence-corrected chi connectivity index (χ3v) is 2.81. The minimum Gasteiger partial charge on any atom is -0.393 e. The van der Waals surface area contributed by atoms with Crippen LogP contribution in [0.3, 0.4) is 0 Å². The molecule has 0 aliphatic rings. The van der Waals surface area contributed by atoms with Crippen LogP contribution in [-0.2, 0) is 0 Å². The van der Waals surface area contributed by atoms with E-state index in [0.717, 1.165) is 6.21 Å². The number of hydrogen-bond donors (Lipinski definition) is 2. The maximum absolute atomic E-state index is 11.1. The van der Waals surface area contributed by atoms with Crippen molar-refractivity contribution in [3.63, 3.8) is 0 Å². The van der Waals surface area contributed by atoms with Crippen molar-refractivity contribution >= 4 is 51.8 Å². The lowest BCUT2D eigenvalue weighted by Crippen LogP contribution is -1.99. The first-order valence-electron chi connectivity index (χ1n) is 4.58. The Hall–Kier alpha value is -1.03. The van der Waals surface area contributed by atoms with Gasteiger partial charge in [0.05, 0.1) is 15.6 Å². The summed E-state index contributed by atoms with van der Waals surface area (Å²) < 4.78 is 0. The average Bonchev–Trinajstić information content (AvgIpc) is 2.24. The van der Waals surface area contributed by atoms with Crippen molar-refractivity contribution in [3.8, 4) is 0 Å². The smallest absolute Gasteiger partial charge is 0.255 e. The summed E-state index contributed by atoms with van der Waals surface area (Å²) in [4.78, 5) is 11.1. The SMILES string of the molecule is CN/C=C(\C=N)c1cc(Cl)c(C(=O)Cl)c(Cl)c1. The standard InChI is InChI=1S/C11H9Cl3N2O/c1-16-5-7(4-15)6-2-8(12)10(11(14)17)9(13)3-6/h2-5,15-16H,1H3/b7-5+,15-4?. The second kappa shape index (κ2) is 6.05. The van der Waals surface area contributed by atoms with E-state index >= 15 is 0 Å². The highest BCUT2D eigenvalue weighted by molar-refractivity contribution is 6.70. The molecule has 0 aliphatic carbocycles. The summed E-state index contributed by atoms with van der Waals surface area (Å²) in [7, 11) is 1.71. The summed E-state index contributed by atoms with van der Waals surface area (Å²) in [6, 6.07) is 3.08. The van der Waals surface area contributed by atoms with Crippen LogP contribution >= 0.6 is 34.8 Å². The molecule has 0 radical (unpaired) electrons. The molecule has 0 aromatic heterocycles. The molecule has 0 saturated heterocycles. The van der Waals surface area contributed by atoms with Gasteiger partial charge in [-0.1, -0.05) is 23.2 Å². The molecular formula is C11H9Cl3N2O. The van der Waals surface area contributed by atoms with E-state index in [0.29, 0.717) is 11.1 Å². The fourth-order valence-corrected chi connectivity index (χ4v) is 2.25. The van der Waals surface area contributed by atoms with Crippen LogP contribution in [0.2, 0.25) is 10.0 Å². The zero-order chi connectivity index (χ0) is 13.0. The summed E-state index contributed by atoms with van der Waals surface area (Å²) in [5.41, 5.74) is 1.29. The first kappa shape index (κ1) is 14.0. The number of hydrogen-bond acceptors (Lipinski definition) is 3. The lowest BCUT2D eigenvalue weighted by molar-refractivity contribution is 0.108. The number of carbonyl (C=O) groups is 1. The highest BCUT2D eigenvalue weighted by Crippen LogP contribution is 2.30. The average molecular weight is 292 g/mol. The third kappa shape index (κ3) is 3.22. The van der Waals surface area contributed by atoms with Crippen LogP contribution in [0.15, 0.2) is 18.3 Å². The number of carbonyl (C=O) groups excluding carboxylic acids is 1. The minimum absolute atomic E-state index is 0.0764. The van der Waals surface area contributed by atoms with Crippen molar-refractivity contribution in [2.75, 3.05) is 7.05 Å². The molecule has 0 atom stereocenters. The van der Waals surface area contributed by atoms with E-state index in [9.17, 15) is 4.79 Å². The number of halogens is 3. The molecule has 6 heteroatoms. The topological polar surface area (TPSA) is 53.0 Å². The van der Waals surface area contributed by atoms with Crippen LogP contribution in [0.4, 0.5) is 0 Å². The van der Waals surface area contributed by atoms with Crippen LogP contribution in [0.5, 0.6) is 0 Å². The molecule has 1 aromatic carbocycles. The van der Waals surface area contributed by atoms with Gasteiger partial charge in [-0.15, -0.1) is 0 Å². The Labute approximate surface area is 114 Å². The largest absolute Gasteiger partial charge is 0.393 e. The van der Waals surface area contributed by atoms with Gasteiger partial charge in [-0.3, -0.25) is 4.79 Å². The lowest BCUT2D eigenvalue weighted by Gasteiger charge is -2.07. The molecule has 90 valence electrons. The maximum Gasteiger partial charge on any atom is 0.255 e. The number of allylic oxidation sites excluding steroid dienone is 1. The molecule has 0 saturated carbocycles. The monoisotopic (exact) mass is 290 g/mol. The normalized spacial score (nSPS) is 11.2. The molecule has 1 rings (SSSR count). The van der Waals surface area contributed by atoms with E-state index in [-0.39, 0.29) is 15.6 Å². The molecule has 0 spiro atoms. The van der Waals surface area contributed by atoms with E-state index < -0.39 is 5.24 Å². The highest BCUT2D eigenvalue weighted by Gasteiger charge is 2.14. The van der Waals surface area contributed by atoms with Gasteiger partial charge in [0.25, 0.3) is 5.24 Å². The van der Waals surface area contributed by atoms with E-state index in [1.54, 1.807) is 13.2 Å². The Morgan fingerprint density at radius 2 is 1.88 bits per heavy atom. The molecule has 17 heavy (non-hydrogen) atoms. The van der Waals surface area contributed by atoms with Gasteiger partial charge in [0.2, 0.25) is 0 Å². The Kier molecular flexibility index (Phi) is 5.00. The Morgan fingerprint density at radius 1 is 1.35 bits per heavy atom. The van der Waals surface area contributed by atoms with E-state index in [2.05, 4.69) is 5.32 Å². The first-order chi connectivity index (χ1) is 8.01. The lowest BCUT2D eigenvalue weighted by atomic mass is 10.1. The van der Waals surface area contributed by atoms with Crippen molar-refractivity contribution in [1.82, 2.24) is 5.32 Å². The zero-order valence-corrected chi connectivity index (χ0v) is 11.1. The van der Waals surface area contributed by atoms with Crippen molar-refractivity contribution in [2.24, 2.45) is 0 Å². The van der Waals surface area contributed by atoms with Gasteiger partial charge in [0.1, 0.15) is 0 Å². The molecule has 0 bridgehead atoms. The van der Waals surface area contributed by atoms with E-state index in [4.69, 9.17) is 40.2 Å². The number of nitrogens with one attached hydrogen (secondary N) is 2. The first-order valence-corrected chi connectivity index (χ1v) is 5.71. The molecule has 3 nitrogen and oxygen atoms in total. The van der Waals surface area contributed by atoms with E-state index in [1.165, 1.54) is 12.1 Å². The summed E-state index contributed by atoms with van der Waals surface area (Å²) in [5.74, 6) is 0. The predicted molar refractivity (Wildman–Crippen MR) is 72.5 cm³/mol. The molecule has 0 heterocycles. The van der Waals surface area contributed by atoms with Crippen LogP contribution in [0.1, 0.15) is 15.9 Å². The van der Waals surface area contributed by atoms with Crippen LogP contribution in [0.25, 0.3) is 5.57 Å². The van der Waals surface area contributed by atoms with Crippen LogP contribution in [0, 0.1) is 5.41 Å². The summed E-state index contributed by atoms with van der Waals surface area (Å²) in [6.45, 7) is 0. The highest BCUT2D eigenvalue weighted by atomic mass is 35.5. The van der Waals surface area contributed by atoms with Gasteiger partial charge in [-0.05, 0) is 29.3 Å². The molecule has 0 unspecified atom stereocenters. The van der Waals surface area contributed by atoms with Gasteiger partial charge in [-0.2, -0.15) is 0 Å². The van der Waals surface area contributed by atoms with Gasteiger partial charge >= 0.3 is 0 Å².